The number of benzene rings is 2. The van der Waals surface area contributed by atoms with E-state index in [1.54, 1.807) is 24.3 Å². The first kappa shape index (κ1) is 20.5. The molecule has 3 rings (SSSR count). The molecule has 9 heteroatoms. The summed E-state index contributed by atoms with van der Waals surface area (Å²) >= 11 is 1.27. The van der Waals surface area contributed by atoms with Gasteiger partial charge in [0.05, 0.1) is 12.7 Å². The van der Waals surface area contributed by atoms with Gasteiger partial charge in [-0.1, -0.05) is 41.6 Å². The Labute approximate surface area is 172 Å². The van der Waals surface area contributed by atoms with Gasteiger partial charge in [0.15, 0.2) is 5.16 Å². The molecular weight excluding hydrogens is 392 g/mol. The second-order valence-corrected chi connectivity index (χ2v) is 7.61. The highest BCUT2D eigenvalue weighted by Gasteiger charge is 2.24. The van der Waals surface area contributed by atoms with Crippen LogP contribution in [0.1, 0.15) is 32.6 Å². The van der Waals surface area contributed by atoms with Crippen LogP contribution in [0.2, 0.25) is 0 Å². The molecule has 1 heterocycles. The zero-order valence-electron chi connectivity index (χ0n) is 16.2. The molecule has 2 aromatic carbocycles. The van der Waals surface area contributed by atoms with E-state index in [0.29, 0.717) is 16.5 Å². The quantitative estimate of drug-likeness (QED) is 0.252. The number of carbonyl (C=O) groups is 1. The Hall–Kier alpha value is -3.20. The molecule has 1 atom stereocenters. The van der Waals surface area contributed by atoms with Crippen molar-refractivity contribution in [3.8, 4) is 5.69 Å². The lowest BCUT2D eigenvalue weighted by atomic mass is 10.1. The van der Waals surface area contributed by atoms with Gasteiger partial charge in [-0.25, -0.2) is 4.79 Å². The molecule has 0 saturated carbocycles. The zero-order valence-corrected chi connectivity index (χ0v) is 17.0. The number of rotatable bonds is 7. The van der Waals surface area contributed by atoms with Crippen LogP contribution in [0, 0.1) is 24.0 Å². The maximum atomic E-state index is 11.6. The summed E-state index contributed by atoms with van der Waals surface area (Å²) in [7, 11) is 1.31. The predicted octanol–water partition coefficient (Wildman–Crippen LogP) is 3.78. The van der Waals surface area contributed by atoms with Crippen molar-refractivity contribution in [3.05, 3.63) is 81.2 Å². The maximum absolute atomic E-state index is 11.6. The first-order valence-electron chi connectivity index (χ1n) is 8.85. The molecule has 1 aromatic heterocycles. The number of nitrogens with zero attached hydrogens (tertiary/aromatic N) is 4. The third-order valence-corrected chi connectivity index (χ3v) is 5.53. The number of aromatic nitrogens is 3. The van der Waals surface area contributed by atoms with Crippen molar-refractivity contribution >= 4 is 17.7 Å². The van der Waals surface area contributed by atoms with Crippen molar-refractivity contribution in [1.29, 1.82) is 0 Å². The molecule has 0 spiro atoms. The fraction of sp³-hybridized carbons (Fsp3) is 0.250. The molecule has 0 unspecified atom stereocenters. The lowest BCUT2D eigenvalue weighted by Crippen LogP contribution is -2.11. The maximum Gasteiger partial charge on any atom is 0.337 e. The molecule has 8 nitrogen and oxygen atoms in total. The van der Waals surface area contributed by atoms with Gasteiger partial charge in [0.1, 0.15) is 11.1 Å². The summed E-state index contributed by atoms with van der Waals surface area (Å²) < 4.78 is 6.57. The summed E-state index contributed by atoms with van der Waals surface area (Å²) in [4.78, 5) is 22.5. The van der Waals surface area contributed by atoms with Crippen LogP contribution in [0.4, 0.5) is 0 Å². The van der Waals surface area contributed by atoms with E-state index in [-0.39, 0.29) is 11.5 Å². The topological polar surface area (TPSA) is 100 Å². The average Bonchev–Trinajstić information content (AvgIpc) is 3.07. The monoisotopic (exact) mass is 412 g/mol. The van der Waals surface area contributed by atoms with Crippen LogP contribution < -0.4 is 0 Å². The van der Waals surface area contributed by atoms with Gasteiger partial charge in [-0.05, 0) is 43.7 Å². The lowest BCUT2D eigenvalue weighted by molar-refractivity contribution is -0.479. The highest BCUT2D eigenvalue weighted by molar-refractivity contribution is 7.99. The van der Waals surface area contributed by atoms with Crippen molar-refractivity contribution in [2.75, 3.05) is 13.7 Å². The molecule has 150 valence electrons. The van der Waals surface area contributed by atoms with E-state index in [9.17, 15) is 14.9 Å². The molecule has 0 bridgehead atoms. The van der Waals surface area contributed by atoms with Gasteiger partial charge in [-0.15, -0.1) is 10.2 Å². The first-order chi connectivity index (χ1) is 13.9. The fourth-order valence-electron chi connectivity index (χ4n) is 2.84. The van der Waals surface area contributed by atoms with Crippen molar-refractivity contribution in [2.24, 2.45) is 0 Å². The third-order valence-electron chi connectivity index (χ3n) is 4.35. The van der Waals surface area contributed by atoms with E-state index in [0.717, 1.165) is 16.8 Å². The fourth-order valence-corrected chi connectivity index (χ4v) is 4.01. The van der Waals surface area contributed by atoms with Crippen LogP contribution in [-0.4, -0.2) is 39.3 Å². The van der Waals surface area contributed by atoms with Gasteiger partial charge in [0.2, 0.25) is 6.54 Å². The molecule has 0 radical (unpaired) electrons. The number of ether oxygens (including phenoxy) is 1. The SMILES string of the molecule is COC(=O)c1ccc([C@@H](C[N+](=O)[O-])Sc2nnc(C)n2-c2ccc(C)cc2)cc1. The molecule has 29 heavy (non-hydrogen) atoms. The Bertz CT molecular complexity index is 1020. The van der Waals surface area contributed by atoms with Gasteiger partial charge < -0.3 is 4.74 Å². The highest BCUT2D eigenvalue weighted by atomic mass is 32.2. The van der Waals surface area contributed by atoms with Crippen molar-refractivity contribution in [2.45, 2.75) is 24.3 Å². The standard InChI is InChI=1S/C20H20N4O4S/c1-13-4-10-17(11-5-13)24-14(2)21-22-20(24)29-18(12-23(26)27)15-6-8-16(9-7-15)19(25)28-3/h4-11,18H,12H2,1-3H3/t18-/m1/s1. The zero-order chi connectivity index (χ0) is 21.0. The summed E-state index contributed by atoms with van der Waals surface area (Å²) in [5.74, 6) is 0.238. The molecule has 0 fully saturated rings. The molecule has 0 aliphatic carbocycles. The minimum absolute atomic E-state index is 0.290. The Balaban J connectivity index is 1.93. The normalized spacial score (nSPS) is 11.8. The summed E-state index contributed by atoms with van der Waals surface area (Å²) in [5, 5.41) is 19.7. The number of esters is 1. The molecular formula is C20H20N4O4S. The number of hydrogen-bond acceptors (Lipinski definition) is 7. The van der Waals surface area contributed by atoms with E-state index in [1.165, 1.54) is 18.9 Å². The van der Waals surface area contributed by atoms with E-state index in [4.69, 9.17) is 4.74 Å². The van der Waals surface area contributed by atoms with Gasteiger partial charge in [0, 0.05) is 10.6 Å². The lowest BCUT2D eigenvalue weighted by Gasteiger charge is -2.14. The van der Waals surface area contributed by atoms with Crippen LogP contribution in [-0.2, 0) is 4.74 Å². The predicted molar refractivity (Wildman–Crippen MR) is 109 cm³/mol. The Morgan fingerprint density at radius 2 is 1.79 bits per heavy atom. The minimum Gasteiger partial charge on any atom is -0.465 e. The molecule has 3 aromatic rings. The molecule has 0 aliphatic heterocycles. The average molecular weight is 412 g/mol. The number of hydrogen-bond donors (Lipinski definition) is 0. The first-order valence-corrected chi connectivity index (χ1v) is 9.73. The largest absolute Gasteiger partial charge is 0.465 e. The number of thioether (sulfide) groups is 1. The summed E-state index contributed by atoms with van der Waals surface area (Å²) in [6, 6.07) is 14.5. The van der Waals surface area contributed by atoms with Gasteiger partial charge in [-0.2, -0.15) is 0 Å². The smallest absolute Gasteiger partial charge is 0.337 e. The van der Waals surface area contributed by atoms with Crippen molar-refractivity contribution in [3.63, 3.8) is 0 Å². The van der Waals surface area contributed by atoms with Crippen molar-refractivity contribution < 1.29 is 14.5 Å². The summed E-state index contributed by atoms with van der Waals surface area (Å²) in [5.41, 5.74) is 3.13. The Morgan fingerprint density at radius 3 is 2.38 bits per heavy atom. The third kappa shape index (κ3) is 4.80. The molecule has 0 saturated heterocycles. The Morgan fingerprint density at radius 1 is 1.14 bits per heavy atom. The van der Waals surface area contributed by atoms with Crippen LogP contribution >= 0.6 is 11.8 Å². The van der Waals surface area contributed by atoms with Crippen LogP contribution in [0.25, 0.3) is 5.69 Å². The number of nitro groups is 1. The van der Waals surface area contributed by atoms with E-state index in [2.05, 4.69) is 10.2 Å². The van der Waals surface area contributed by atoms with Gasteiger partial charge >= 0.3 is 5.97 Å². The van der Waals surface area contributed by atoms with E-state index < -0.39 is 11.2 Å². The van der Waals surface area contributed by atoms with Gasteiger partial charge in [-0.3, -0.25) is 14.7 Å². The van der Waals surface area contributed by atoms with Gasteiger partial charge in [0.25, 0.3) is 0 Å². The second-order valence-electron chi connectivity index (χ2n) is 6.44. The molecule has 0 amide bonds. The van der Waals surface area contributed by atoms with E-state index in [1.807, 2.05) is 42.7 Å². The minimum atomic E-state index is -0.496. The number of carbonyl (C=O) groups excluding carboxylic acids is 1. The molecule has 0 N–H and O–H groups in total. The summed E-state index contributed by atoms with van der Waals surface area (Å²) in [6.45, 7) is 3.55. The van der Waals surface area contributed by atoms with E-state index >= 15 is 0 Å². The summed E-state index contributed by atoms with van der Waals surface area (Å²) in [6.07, 6.45) is 0. The number of methoxy groups -OCH3 is 1. The van der Waals surface area contributed by atoms with Crippen LogP contribution in [0.3, 0.4) is 0 Å². The highest BCUT2D eigenvalue weighted by Crippen LogP contribution is 2.36. The Kier molecular flexibility index (Phi) is 6.28. The van der Waals surface area contributed by atoms with Crippen molar-refractivity contribution in [1.82, 2.24) is 14.8 Å². The van der Waals surface area contributed by atoms with Crippen LogP contribution in [0.15, 0.2) is 53.7 Å². The number of aryl methyl sites for hydroxylation is 2. The van der Waals surface area contributed by atoms with Crippen LogP contribution in [0.5, 0.6) is 0 Å². The second kappa shape index (κ2) is 8.87. The molecule has 0 aliphatic rings.